The molecule has 1 amide bonds. The van der Waals surface area contributed by atoms with Crippen LogP contribution in [-0.2, 0) is 5.54 Å². The van der Waals surface area contributed by atoms with Crippen molar-refractivity contribution in [2.24, 2.45) is 0 Å². The van der Waals surface area contributed by atoms with Gasteiger partial charge in [0, 0.05) is 17.8 Å². The molecule has 0 radical (unpaired) electrons. The van der Waals surface area contributed by atoms with Gasteiger partial charge >= 0.3 is 0 Å². The minimum atomic E-state index is -0.623. The molecule has 0 saturated carbocycles. The summed E-state index contributed by atoms with van der Waals surface area (Å²) >= 11 is 6.15. The number of halogens is 1. The summed E-state index contributed by atoms with van der Waals surface area (Å²) in [5, 5.41) is 8.64. The van der Waals surface area contributed by atoms with E-state index in [4.69, 9.17) is 22.4 Å². The highest BCUT2D eigenvalue weighted by atomic mass is 35.5. The van der Waals surface area contributed by atoms with Gasteiger partial charge in [0.1, 0.15) is 23.0 Å². The van der Waals surface area contributed by atoms with Crippen LogP contribution in [0.15, 0.2) is 42.7 Å². The van der Waals surface area contributed by atoms with Gasteiger partial charge in [-0.3, -0.25) is 4.79 Å². The Labute approximate surface area is 190 Å². The quantitative estimate of drug-likeness (QED) is 0.447. The van der Waals surface area contributed by atoms with E-state index < -0.39 is 5.54 Å². The molecule has 4 aromatic rings. The number of nitrogens with one attached hydrogen (secondary N) is 1. The van der Waals surface area contributed by atoms with Crippen LogP contribution in [0, 0.1) is 13.8 Å². The second kappa shape index (κ2) is 8.20. The van der Waals surface area contributed by atoms with Gasteiger partial charge < -0.3 is 11.1 Å². The molecule has 0 fully saturated rings. The summed E-state index contributed by atoms with van der Waals surface area (Å²) in [5.41, 5.74) is 10.0. The number of anilines is 1. The molecule has 0 aliphatic rings. The average molecular weight is 450 g/mol. The van der Waals surface area contributed by atoms with Crippen LogP contribution in [0.2, 0.25) is 5.15 Å². The van der Waals surface area contributed by atoms with E-state index in [1.807, 2.05) is 52.0 Å². The Morgan fingerprint density at radius 1 is 1.12 bits per heavy atom. The van der Waals surface area contributed by atoms with Crippen LogP contribution in [0.5, 0.6) is 0 Å². The largest absolute Gasteiger partial charge is 0.383 e. The third-order valence-electron chi connectivity index (χ3n) is 5.31. The predicted molar refractivity (Wildman–Crippen MR) is 126 cm³/mol. The van der Waals surface area contributed by atoms with Crippen molar-refractivity contribution in [3.05, 3.63) is 64.7 Å². The number of fused-ring (bicyclic) bond motifs is 1. The van der Waals surface area contributed by atoms with Gasteiger partial charge in [0.25, 0.3) is 5.91 Å². The number of carbonyl (C=O) groups excluding carboxylic acids is 1. The minimum absolute atomic E-state index is 0.173. The third-order valence-corrected chi connectivity index (χ3v) is 5.59. The number of nitrogen functional groups attached to an aromatic ring is 1. The van der Waals surface area contributed by atoms with Crippen molar-refractivity contribution in [2.45, 2.75) is 33.2 Å². The first kappa shape index (κ1) is 21.7. The lowest BCUT2D eigenvalue weighted by atomic mass is 10.1. The van der Waals surface area contributed by atoms with Gasteiger partial charge in [0.2, 0.25) is 0 Å². The van der Waals surface area contributed by atoms with Gasteiger partial charge in [-0.2, -0.15) is 5.10 Å². The SMILES string of the molecule is Cc1ccc(-c2nn(C(C)(C)CNC(=O)c3ccc(C)nc3Cl)c3ncnc(N)c23)cc1. The molecule has 3 N–H and O–H groups in total. The van der Waals surface area contributed by atoms with Crippen molar-refractivity contribution in [3.8, 4) is 11.3 Å². The first-order chi connectivity index (χ1) is 15.2. The van der Waals surface area contributed by atoms with Crippen molar-refractivity contribution < 1.29 is 4.79 Å². The molecule has 8 nitrogen and oxygen atoms in total. The molecule has 0 atom stereocenters. The molecule has 164 valence electrons. The van der Waals surface area contributed by atoms with E-state index in [1.54, 1.807) is 16.8 Å². The molecular formula is C23H24ClN7O. The summed E-state index contributed by atoms with van der Waals surface area (Å²) < 4.78 is 1.78. The second-order valence-corrected chi connectivity index (χ2v) is 8.73. The zero-order valence-corrected chi connectivity index (χ0v) is 19.1. The summed E-state index contributed by atoms with van der Waals surface area (Å²) in [6.45, 7) is 8.06. The summed E-state index contributed by atoms with van der Waals surface area (Å²) in [4.78, 5) is 25.5. The molecule has 32 heavy (non-hydrogen) atoms. The van der Waals surface area contributed by atoms with Crippen LogP contribution in [0.25, 0.3) is 22.3 Å². The normalized spacial score (nSPS) is 11.7. The van der Waals surface area contributed by atoms with Crippen molar-refractivity contribution >= 4 is 34.4 Å². The highest BCUT2D eigenvalue weighted by molar-refractivity contribution is 6.32. The van der Waals surface area contributed by atoms with Crippen molar-refractivity contribution in [1.82, 2.24) is 30.0 Å². The number of aryl methyl sites for hydroxylation is 2. The number of hydrogen-bond donors (Lipinski definition) is 2. The van der Waals surface area contributed by atoms with Gasteiger partial charge in [0.05, 0.1) is 16.5 Å². The third kappa shape index (κ3) is 4.01. The number of nitrogens with two attached hydrogens (primary N) is 1. The smallest absolute Gasteiger partial charge is 0.254 e. The number of amides is 1. The molecular weight excluding hydrogens is 426 g/mol. The molecule has 3 heterocycles. The summed E-state index contributed by atoms with van der Waals surface area (Å²) in [6.07, 6.45) is 1.42. The molecule has 0 bridgehead atoms. The fourth-order valence-electron chi connectivity index (χ4n) is 3.47. The van der Waals surface area contributed by atoms with Crippen LogP contribution in [0.4, 0.5) is 5.82 Å². The lowest BCUT2D eigenvalue weighted by Gasteiger charge is -2.26. The lowest BCUT2D eigenvalue weighted by Crippen LogP contribution is -2.41. The van der Waals surface area contributed by atoms with Gasteiger partial charge in [-0.25, -0.2) is 19.6 Å². The Kier molecular flexibility index (Phi) is 5.56. The van der Waals surface area contributed by atoms with Crippen LogP contribution in [0.1, 0.15) is 35.5 Å². The Morgan fingerprint density at radius 3 is 2.53 bits per heavy atom. The number of hydrogen-bond acceptors (Lipinski definition) is 6. The highest BCUT2D eigenvalue weighted by Gasteiger charge is 2.28. The fourth-order valence-corrected chi connectivity index (χ4v) is 3.75. The standard InChI is InChI=1S/C23H24ClN7O/c1-13-5-8-15(9-6-13)18-17-20(25)27-12-28-21(17)31(30-18)23(3,4)11-26-22(32)16-10-7-14(2)29-19(16)24/h5-10,12H,11H2,1-4H3,(H,26,32)(H2,25,27,28). The van der Waals surface area contributed by atoms with E-state index in [-0.39, 0.29) is 17.6 Å². The van der Waals surface area contributed by atoms with E-state index in [0.717, 1.165) is 16.8 Å². The number of pyridine rings is 1. The number of rotatable bonds is 5. The van der Waals surface area contributed by atoms with E-state index in [9.17, 15) is 4.79 Å². The van der Waals surface area contributed by atoms with Crippen molar-refractivity contribution in [3.63, 3.8) is 0 Å². The predicted octanol–water partition coefficient (Wildman–Crippen LogP) is 3.91. The first-order valence-corrected chi connectivity index (χ1v) is 10.5. The summed E-state index contributed by atoms with van der Waals surface area (Å²) in [5.74, 6) is 0.0501. The molecule has 1 aromatic carbocycles. The van der Waals surface area contributed by atoms with Crippen LogP contribution >= 0.6 is 11.6 Å². The van der Waals surface area contributed by atoms with Crippen LogP contribution < -0.4 is 11.1 Å². The number of aromatic nitrogens is 5. The van der Waals surface area contributed by atoms with Crippen molar-refractivity contribution in [1.29, 1.82) is 0 Å². The maximum Gasteiger partial charge on any atom is 0.254 e. The average Bonchev–Trinajstić information content (AvgIpc) is 3.15. The number of nitrogens with zero attached hydrogens (tertiary/aromatic N) is 5. The molecule has 4 rings (SSSR count). The molecule has 3 aromatic heterocycles. The molecule has 0 aliphatic carbocycles. The minimum Gasteiger partial charge on any atom is -0.383 e. The Bertz CT molecular complexity index is 1310. The van der Waals surface area contributed by atoms with E-state index in [1.165, 1.54) is 6.33 Å². The molecule has 0 aliphatic heterocycles. The van der Waals surface area contributed by atoms with Gasteiger partial charge in [-0.05, 0) is 39.8 Å². The number of benzene rings is 1. The zero-order valence-electron chi connectivity index (χ0n) is 18.3. The Balaban J connectivity index is 1.69. The molecule has 0 unspecified atom stereocenters. The van der Waals surface area contributed by atoms with Gasteiger partial charge in [-0.15, -0.1) is 0 Å². The highest BCUT2D eigenvalue weighted by Crippen LogP contribution is 2.33. The Morgan fingerprint density at radius 2 is 1.84 bits per heavy atom. The second-order valence-electron chi connectivity index (χ2n) is 8.37. The monoisotopic (exact) mass is 449 g/mol. The summed E-state index contributed by atoms with van der Waals surface area (Å²) in [7, 11) is 0. The van der Waals surface area contributed by atoms with E-state index >= 15 is 0 Å². The number of carbonyl (C=O) groups is 1. The topological polar surface area (TPSA) is 112 Å². The fraction of sp³-hybridized carbons (Fsp3) is 0.261. The van der Waals surface area contributed by atoms with Gasteiger partial charge in [-0.1, -0.05) is 41.4 Å². The molecule has 9 heteroatoms. The maximum absolute atomic E-state index is 12.7. The lowest BCUT2D eigenvalue weighted by molar-refractivity contribution is 0.0936. The Hall–Kier alpha value is -3.52. The summed E-state index contributed by atoms with van der Waals surface area (Å²) in [6, 6.07) is 11.4. The van der Waals surface area contributed by atoms with Crippen LogP contribution in [-0.4, -0.2) is 37.2 Å². The zero-order chi connectivity index (χ0) is 23.0. The molecule has 0 saturated heterocycles. The van der Waals surface area contributed by atoms with Crippen LogP contribution in [0.3, 0.4) is 0 Å². The van der Waals surface area contributed by atoms with E-state index in [0.29, 0.717) is 28.1 Å². The maximum atomic E-state index is 12.7. The van der Waals surface area contributed by atoms with Gasteiger partial charge in [0.15, 0.2) is 5.65 Å². The molecule has 0 spiro atoms. The van der Waals surface area contributed by atoms with E-state index in [2.05, 4.69) is 20.3 Å². The first-order valence-electron chi connectivity index (χ1n) is 10.2. The van der Waals surface area contributed by atoms with Crippen molar-refractivity contribution in [2.75, 3.05) is 12.3 Å².